The van der Waals surface area contributed by atoms with Gasteiger partial charge in [0.15, 0.2) is 0 Å². The summed E-state index contributed by atoms with van der Waals surface area (Å²) in [5.41, 5.74) is 1.64. The van der Waals surface area contributed by atoms with E-state index in [2.05, 4.69) is 19.8 Å². The van der Waals surface area contributed by atoms with Gasteiger partial charge in [-0.05, 0) is 26.8 Å². The van der Waals surface area contributed by atoms with Crippen molar-refractivity contribution in [2.45, 2.75) is 27.3 Å². The maximum absolute atomic E-state index is 10.9. The highest BCUT2D eigenvalue weighted by Crippen LogP contribution is 2.22. The lowest BCUT2D eigenvalue weighted by molar-refractivity contribution is -0.385. The minimum atomic E-state index is -0.398. The molecule has 2 aromatic rings. The van der Waals surface area contributed by atoms with Crippen molar-refractivity contribution in [3.63, 3.8) is 0 Å². The molecule has 128 valence electrons. The molecule has 1 aliphatic rings. The highest BCUT2D eigenvalue weighted by molar-refractivity contribution is 5.48. The maximum atomic E-state index is 10.9. The SMILES string of the molecule is Cc1cc(N2CCN(Cc3nc(C)c(C)o3)CC2)ncc1[N+](=O)[O-]. The quantitative estimate of drug-likeness (QED) is 0.627. The molecule has 24 heavy (non-hydrogen) atoms. The van der Waals surface area contributed by atoms with Gasteiger partial charge in [-0.1, -0.05) is 0 Å². The van der Waals surface area contributed by atoms with Crippen LogP contribution in [0.5, 0.6) is 0 Å². The van der Waals surface area contributed by atoms with Crippen LogP contribution in [-0.2, 0) is 6.54 Å². The Labute approximate surface area is 140 Å². The van der Waals surface area contributed by atoms with Crippen LogP contribution >= 0.6 is 0 Å². The average molecular weight is 331 g/mol. The number of rotatable bonds is 4. The molecule has 0 N–H and O–H groups in total. The van der Waals surface area contributed by atoms with Gasteiger partial charge in [0.25, 0.3) is 5.69 Å². The molecule has 0 unspecified atom stereocenters. The molecule has 0 bridgehead atoms. The fourth-order valence-electron chi connectivity index (χ4n) is 2.83. The molecule has 0 aliphatic carbocycles. The summed E-state index contributed by atoms with van der Waals surface area (Å²) < 4.78 is 5.64. The van der Waals surface area contributed by atoms with Gasteiger partial charge in [-0.3, -0.25) is 15.0 Å². The lowest BCUT2D eigenvalue weighted by Crippen LogP contribution is -2.46. The molecule has 8 nitrogen and oxygen atoms in total. The predicted molar refractivity (Wildman–Crippen MR) is 89.1 cm³/mol. The van der Waals surface area contributed by atoms with E-state index in [0.717, 1.165) is 49.3 Å². The predicted octanol–water partition coefficient (Wildman–Crippen LogP) is 2.23. The van der Waals surface area contributed by atoms with Crippen LogP contribution in [0.1, 0.15) is 22.9 Å². The summed E-state index contributed by atoms with van der Waals surface area (Å²) in [6, 6.07) is 1.79. The molecule has 1 fully saturated rings. The molecule has 0 amide bonds. The molecule has 0 radical (unpaired) electrons. The van der Waals surface area contributed by atoms with Gasteiger partial charge in [0.1, 0.15) is 17.8 Å². The van der Waals surface area contributed by atoms with E-state index < -0.39 is 4.92 Å². The van der Waals surface area contributed by atoms with Crippen LogP contribution in [0.3, 0.4) is 0 Å². The molecule has 1 aliphatic heterocycles. The zero-order valence-electron chi connectivity index (χ0n) is 14.2. The maximum Gasteiger partial charge on any atom is 0.290 e. The van der Waals surface area contributed by atoms with Crippen molar-refractivity contribution >= 4 is 11.5 Å². The molecule has 3 rings (SSSR count). The summed E-state index contributed by atoms with van der Waals surface area (Å²) in [7, 11) is 0. The normalized spacial score (nSPS) is 15.7. The van der Waals surface area contributed by atoms with E-state index >= 15 is 0 Å². The molecule has 3 heterocycles. The summed E-state index contributed by atoms with van der Waals surface area (Å²) in [6.45, 7) is 9.71. The van der Waals surface area contributed by atoms with Gasteiger partial charge in [0.05, 0.1) is 17.2 Å². The second-order valence-corrected chi connectivity index (χ2v) is 6.10. The Hall–Kier alpha value is -2.48. The summed E-state index contributed by atoms with van der Waals surface area (Å²) in [6.07, 6.45) is 1.34. The van der Waals surface area contributed by atoms with Gasteiger partial charge in [-0.15, -0.1) is 0 Å². The summed E-state index contributed by atoms with van der Waals surface area (Å²) >= 11 is 0. The van der Waals surface area contributed by atoms with Crippen molar-refractivity contribution in [1.29, 1.82) is 0 Å². The van der Waals surface area contributed by atoms with Crippen molar-refractivity contribution in [2.24, 2.45) is 0 Å². The molecule has 0 spiro atoms. The number of hydrogen-bond donors (Lipinski definition) is 0. The fraction of sp³-hybridized carbons (Fsp3) is 0.500. The van der Waals surface area contributed by atoms with E-state index in [4.69, 9.17) is 4.42 Å². The van der Waals surface area contributed by atoms with Crippen molar-refractivity contribution in [3.8, 4) is 0 Å². The third-order valence-corrected chi connectivity index (χ3v) is 4.39. The number of aromatic nitrogens is 2. The van der Waals surface area contributed by atoms with Gasteiger partial charge in [-0.2, -0.15) is 0 Å². The molecule has 2 aromatic heterocycles. The Balaban J connectivity index is 1.60. The molecule has 0 aromatic carbocycles. The van der Waals surface area contributed by atoms with Crippen molar-refractivity contribution < 1.29 is 9.34 Å². The summed E-state index contributed by atoms with van der Waals surface area (Å²) in [5, 5.41) is 10.9. The lowest BCUT2D eigenvalue weighted by Gasteiger charge is -2.34. The van der Waals surface area contributed by atoms with Crippen LogP contribution < -0.4 is 4.90 Å². The van der Waals surface area contributed by atoms with Gasteiger partial charge < -0.3 is 9.32 Å². The van der Waals surface area contributed by atoms with Gasteiger partial charge >= 0.3 is 0 Å². The van der Waals surface area contributed by atoms with Crippen LogP contribution in [0.4, 0.5) is 11.5 Å². The highest BCUT2D eigenvalue weighted by atomic mass is 16.6. The zero-order valence-corrected chi connectivity index (χ0v) is 14.2. The van der Waals surface area contributed by atoms with Gasteiger partial charge in [-0.25, -0.2) is 9.97 Å². The summed E-state index contributed by atoms with van der Waals surface area (Å²) in [4.78, 5) is 23.6. The first kappa shape index (κ1) is 16.4. The van der Waals surface area contributed by atoms with E-state index in [-0.39, 0.29) is 5.69 Å². The van der Waals surface area contributed by atoms with E-state index in [0.29, 0.717) is 12.1 Å². The fourth-order valence-corrected chi connectivity index (χ4v) is 2.83. The molecule has 0 atom stereocenters. The number of pyridine rings is 1. The molecule has 1 saturated heterocycles. The van der Waals surface area contributed by atoms with Crippen LogP contribution in [0.2, 0.25) is 0 Å². The standard InChI is InChI=1S/C16H21N5O3/c1-11-8-15(17-9-14(11)21(22)23)20-6-4-19(5-7-20)10-16-18-12(2)13(3)24-16/h8-9H,4-7,10H2,1-3H3. The van der Waals surface area contributed by atoms with Gasteiger partial charge in [0, 0.05) is 31.7 Å². The van der Waals surface area contributed by atoms with E-state index in [1.54, 1.807) is 13.0 Å². The lowest BCUT2D eigenvalue weighted by atomic mass is 10.2. The zero-order chi connectivity index (χ0) is 17.3. The number of nitro groups is 1. The Morgan fingerprint density at radius 2 is 1.96 bits per heavy atom. The van der Waals surface area contributed by atoms with Gasteiger partial charge in [0.2, 0.25) is 5.89 Å². The Morgan fingerprint density at radius 1 is 1.25 bits per heavy atom. The van der Waals surface area contributed by atoms with E-state index in [1.165, 1.54) is 6.20 Å². The number of oxazole rings is 1. The number of piperazine rings is 1. The summed E-state index contributed by atoms with van der Waals surface area (Å²) in [5.74, 6) is 2.41. The van der Waals surface area contributed by atoms with E-state index in [9.17, 15) is 10.1 Å². The van der Waals surface area contributed by atoms with Crippen LogP contribution in [0.25, 0.3) is 0 Å². The Bertz CT molecular complexity index is 731. The Morgan fingerprint density at radius 3 is 2.50 bits per heavy atom. The molecule has 0 saturated carbocycles. The van der Waals surface area contributed by atoms with Crippen LogP contribution in [-0.4, -0.2) is 46.0 Å². The van der Waals surface area contributed by atoms with Crippen LogP contribution in [0, 0.1) is 30.9 Å². The second-order valence-electron chi connectivity index (χ2n) is 6.10. The largest absolute Gasteiger partial charge is 0.444 e. The van der Waals surface area contributed by atoms with E-state index in [1.807, 2.05) is 13.8 Å². The molecular weight excluding hydrogens is 310 g/mol. The monoisotopic (exact) mass is 331 g/mol. The minimum Gasteiger partial charge on any atom is -0.444 e. The van der Waals surface area contributed by atoms with Crippen molar-refractivity contribution in [2.75, 3.05) is 31.1 Å². The number of hydrogen-bond acceptors (Lipinski definition) is 7. The third kappa shape index (κ3) is 3.38. The first-order valence-corrected chi connectivity index (χ1v) is 7.95. The van der Waals surface area contributed by atoms with Crippen LogP contribution in [0.15, 0.2) is 16.7 Å². The molecular formula is C16H21N5O3. The average Bonchev–Trinajstić information content (AvgIpc) is 2.85. The number of aryl methyl sites for hydroxylation is 3. The van der Waals surface area contributed by atoms with Crippen molar-refractivity contribution in [3.05, 3.63) is 45.3 Å². The number of nitrogens with zero attached hydrogens (tertiary/aromatic N) is 5. The topological polar surface area (TPSA) is 88.5 Å². The first-order valence-electron chi connectivity index (χ1n) is 7.95. The molecule has 8 heteroatoms. The Kier molecular flexibility index (Phi) is 4.48. The van der Waals surface area contributed by atoms with Crippen molar-refractivity contribution in [1.82, 2.24) is 14.9 Å². The second kappa shape index (κ2) is 6.56. The third-order valence-electron chi connectivity index (χ3n) is 4.39. The smallest absolute Gasteiger partial charge is 0.290 e. The highest BCUT2D eigenvalue weighted by Gasteiger charge is 2.21. The first-order chi connectivity index (χ1) is 11.4. The minimum absolute atomic E-state index is 0.0621. The number of anilines is 1.